The number of likely N-dealkylation sites (N-methyl/N-ethyl adjacent to an activating group) is 1. The van der Waals surface area contributed by atoms with Crippen LogP contribution in [0.2, 0.25) is 0 Å². The number of amides is 1. The highest BCUT2D eigenvalue weighted by Gasteiger charge is 2.06. The van der Waals surface area contributed by atoms with Gasteiger partial charge in [0.1, 0.15) is 18.2 Å². The number of pyridine rings is 1. The number of benzene rings is 2. The minimum absolute atomic E-state index is 0.120. The maximum absolute atomic E-state index is 12.1. The molecular formula is C23H26N4O2. The van der Waals surface area contributed by atoms with E-state index in [4.69, 9.17) is 4.74 Å². The molecule has 0 atom stereocenters. The average Bonchev–Trinajstić information content (AvgIpc) is 2.74. The molecule has 0 unspecified atom stereocenters. The van der Waals surface area contributed by atoms with Gasteiger partial charge >= 0.3 is 0 Å². The van der Waals surface area contributed by atoms with Crippen LogP contribution >= 0.6 is 0 Å². The molecule has 150 valence electrons. The molecule has 2 N–H and O–H groups in total. The minimum atomic E-state index is -0.120. The Balaban J connectivity index is 1.50. The molecular weight excluding hydrogens is 364 g/mol. The van der Waals surface area contributed by atoms with Crippen LogP contribution in [0.4, 0.5) is 11.5 Å². The van der Waals surface area contributed by atoms with Crippen molar-refractivity contribution in [2.45, 2.75) is 6.61 Å². The largest absolute Gasteiger partial charge is 0.489 e. The summed E-state index contributed by atoms with van der Waals surface area (Å²) in [5, 5.41) is 6.10. The summed E-state index contributed by atoms with van der Waals surface area (Å²) < 4.78 is 5.80. The summed E-state index contributed by atoms with van der Waals surface area (Å²) in [6.07, 6.45) is 1.57. The molecule has 6 heteroatoms. The summed E-state index contributed by atoms with van der Waals surface area (Å²) in [5.74, 6) is 1.36. The second-order valence-electron chi connectivity index (χ2n) is 6.91. The molecule has 0 aliphatic carbocycles. The first-order valence-electron chi connectivity index (χ1n) is 9.53. The molecule has 0 bridgehead atoms. The maximum atomic E-state index is 12.1. The van der Waals surface area contributed by atoms with Crippen LogP contribution < -0.4 is 15.4 Å². The molecule has 0 aliphatic heterocycles. The number of nitrogens with zero attached hydrogens (tertiary/aromatic N) is 2. The van der Waals surface area contributed by atoms with Gasteiger partial charge in [0.2, 0.25) is 0 Å². The number of carbonyl (C=O) groups is 1. The Morgan fingerprint density at radius 3 is 2.41 bits per heavy atom. The molecule has 0 radical (unpaired) electrons. The van der Waals surface area contributed by atoms with Gasteiger partial charge < -0.3 is 20.3 Å². The van der Waals surface area contributed by atoms with E-state index in [2.05, 4.69) is 15.6 Å². The van der Waals surface area contributed by atoms with E-state index in [1.165, 1.54) is 0 Å². The van der Waals surface area contributed by atoms with Crippen molar-refractivity contribution in [2.24, 2.45) is 0 Å². The molecule has 0 saturated heterocycles. The second kappa shape index (κ2) is 10.2. The molecule has 29 heavy (non-hydrogen) atoms. The van der Waals surface area contributed by atoms with Crippen LogP contribution in [0.1, 0.15) is 15.9 Å². The van der Waals surface area contributed by atoms with E-state index in [-0.39, 0.29) is 5.91 Å². The third-order valence-corrected chi connectivity index (χ3v) is 4.25. The Morgan fingerprint density at radius 1 is 1.00 bits per heavy atom. The summed E-state index contributed by atoms with van der Waals surface area (Å²) in [6, 6.07) is 21.3. The van der Waals surface area contributed by atoms with Crippen LogP contribution in [0.15, 0.2) is 72.9 Å². The number of aromatic nitrogens is 1. The van der Waals surface area contributed by atoms with E-state index < -0.39 is 0 Å². The number of nitrogens with one attached hydrogen (secondary N) is 2. The number of hydrogen-bond donors (Lipinski definition) is 2. The van der Waals surface area contributed by atoms with Crippen molar-refractivity contribution in [2.75, 3.05) is 32.5 Å². The van der Waals surface area contributed by atoms with Crippen LogP contribution in [-0.2, 0) is 6.61 Å². The van der Waals surface area contributed by atoms with E-state index in [9.17, 15) is 4.79 Å². The standard InChI is InChI=1S/C23H26N4O2/c1-27(2)15-14-24-23(28)19-8-13-22(25-16-19)26-20-9-11-21(12-10-20)29-17-18-6-4-3-5-7-18/h3-13,16H,14-15,17H2,1-2H3,(H,24,28)(H,25,26). The van der Waals surface area contributed by atoms with Gasteiger partial charge in [0.05, 0.1) is 5.56 Å². The fourth-order valence-electron chi connectivity index (χ4n) is 2.62. The van der Waals surface area contributed by atoms with E-state index in [1.54, 1.807) is 18.3 Å². The van der Waals surface area contributed by atoms with E-state index in [0.717, 1.165) is 23.5 Å². The van der Waals surface area contributed by atoms with Crippen molar-refractivity contribution in [3.63, 3.8) is 0 Å². The van der Waals surface area contributed by atoms with Crippen molar-refractivity contribution in [3.05, 3.63) is 84.1 Å². The zero-order valence-electron chi connectivity index (χ0n) is 16.8. The molecule has 1 amide bonds. The van der Waals surface area contributed by atoms with Crippen molar-refractivity contribution in [1.29, 1.82) is 0 Å². The topological polar surface area (TPSA) is 66.5 Å². The van der Waals surface area contributed by atoms with Gasteiger partial charge in [-0.05, 0) is 56.1 Å². The Kier molecular flexibility index (Phi) is 7.19. The Bertz CT molecular complexity index is 894. The molecule has 2 aromatic carbocycles. The number of hydrogen-bond acceptors (Lipinski definition) is 5. The molecule has 1 aromatic heterocycles. The molecule has 3 aromatic rings. The summed E-state index contributed by atoms with van der Waals surface area (Å²) in [7, 11) is 3.94. The highest BCUT2D eigenvalue weighted by Crippen LogP contribution is 2.20. The number of rotatable bonds is 9. The van der Waals surface area contributed by atoms with E-state index in [0.29, 0.717) is 24.5 Å². The highest BCUT2D eigenvalue weighted by molar-refractivity contribution is 5.94. The van der Waals surface area contributed by atoms with Crippen LogP contribution in [0.5, 0.6) is 5.75 Å². The molecule has 0 saturated carbocycles. The van der Waals surface area contributed by atoms with Gasteiger partial charge in [0.15, 0.2) is 0 Å². The lowest BCUT2D eigenvalue weighted by molar-refractivity contribution is 0.0950. The first kappa shape index (κ1) is 20.4. The first-order chi connectivity index (χ1) is 14.1. The smallest absolute Gasteiger partial charge is 0.252 e. The summed E-state index contributed by atoms with van der Waals surface area (Å²) in [5.41, 5.74) is 2.57. The summed E-state index contributed by atoms with van der Waals surface area (Å²) >= 11 is 0. The van der Waals surface area contributed by atoms with E-state index in [1.807, 2.05) is 73.6 Å². The molecule has 3 rings (SSSR count). The molecule has 6 nitrogen and oxygen atoms in total. The van der Waals surface area contributed by atoms with Crippen LogP contribution in [0.3, 0.4) is 0 Å². The van der Waals surface area contributed by atoms with E-state index >= 15 is 0 Å². The third kappa shape index (κ3) is 6.62. The lowest BCUT2D eigenvalue weighted by Gasteiger charge is -2.11. The van der Waals surface area contributed by atoms with Gasteiger partial charge in [-0.3, -0.25) is 4.79 Å². The Labute approximate surface area is 171 Å². The normalized spacial score (nSPS) is 10.6. The van der Waals surface area contributed by atoms with Crippen molar-refractivity contribution in [3.8, 4) is 5.75 Å². The zero-order valence-corrected chi connectivity index (χ0v) is 16.8. The monoisotopic (exact) mass is 390 g/mol. The number of ether oxygens (including phenoxy) is 1. The Hall–Kier alpha value is -3.38. The van der Waals surface area contributed by atoms with Gasteiger partial charge in [-0.2, -0.15) is 0 Å². The highest BCUT2D eigenvalue weighted by atomic mass is 16.5. The lowest BCUT2D eigenvalue weighted by Crippen LogP contribution is -2.31. The SMILES string of the molecule is CN(C)CCNC(=O)c1ccc(Nc2ccc(OCc3ccccc3)cc2)nc1. The fourth-order valence-corrected chi connectivity index (χ4v) is 2.62. The number of carbonyl (C=O) groups excluding carboxylic acids is 1. The predicted molar refractivity (Wildman–Crippen MR) is 116 cm³/mol. The predicted octanol–water partition coefficient (Wildman–Crippen LogP) is 3.70. The van der Waals surface area contributed by atoms with Gasteiger partial charge in [0, 0.05) is 25.0 Å². The molecule has 0 fully saturated rings. The second-order valence-corrected chi connectivity index (χ2v) is 6.91. The summed E-state index contributed by atoms with van der Waals surface area (Å²) in [6.45, 7) is 1.93. The van der Waals surface area contributed by atoms with Gasteiger partial charge in [-0.1, -0.05) is 30.3 Å². The molecule has 1 heterocycles. The van der Waals surface area contributed by atoms with Gasteiger partial charge in [-0.25, -0.2) is 4.98 Å². The van der Waals surface area contributed by atoms with Crippen molar-refractivity contribution in [1.82, 2.24) is 15.2 Å². The third-order valence-electron chi connectivity index (χ3n) is 4.25. The van der Waals surface area contributed by atoms with Gasteiger partial charge in [-0.15, -0.1) is 0 Å². The van der Waals surface area contributed by atoms with Crippen molar-refractivity contribution < 1.29 is 9.53 Å². The van der Waals surface area contributed by atoms with Crippen molar-refractivity contribution >= 4 is 17.4 Å². The number of anilines is 2. The first-order valence-corrected chi connectivity index (χ1v) is 9.53. The Morgan fingerprint density at radius 2 is 1.76 bits per heavy atom. The summed E-state index contributed by atoms with van der Waals surface area (Å²) in [4.78, 5) is 18.4. The van der Waals surface area contributed by atoms with Crippen LogP contribution in [-0.4, -0.2) is 43.0 Å². The lowest BCUT2D eigenvalue weighted by atomic mass is 10.2. The average molecular weight is 390 g/mol. The van der Waals surface area contributed by atoms with Gasteiger partial charge in [0.25, 0.3) is 5.91 Å². The minimum Gasteiger partial charge on any atom is -0.489 e. The quantitative estimate of drug-likeness (QED) is 0.583. The molecule has 0 aliphatic rings. The van der Waals surface area contributed by atoms with Crippen LogP contribution in [0, 0.1) is 0 Å². The fraction of sp³-hybridized carbons (Fsp3) is 0.217. The maximum Gasteiger partial charge on any atom is 0.252 e. The molecule has 0 spiro atoms. The van der Waals surface area contributed by atoms with Crippen LogP contribution in [0.25, 0.3) is 0 Å². The zero-order chi connectivity index (χ0) is 20.5.